The van der Waals surface area contributed by atoms with Gasteiger partial charge < -0.3 is 15.2 Å². The van der Waals surface area contributed by atoms with Gasteiger partial charge >= 0.3 is 0 Å². The van der Waals surface area contributed by atoms with E-state index >= 15 is 0 Å². The van der Waals surface area contributed by atoms with Gasteiger partial charge in [0, 0.05) is 12.3 Å². The van der Waals surface area contributed by atoms with E-state index in [1.807, 2.05) is 23.9 Å². The fourth-order valence-electron chi connectivity index (χ4n) is 3.79. The van der Waals surface area contributed by atoms with Crippen LogP contribution in [0, 0.1) is 11.3 Å². The first-order valence-corrected chi connectivity index (χ1v) is 9.57. The molecule has 1 aromatic carbocycles. The first-order valence-electron chi connectivity index (χ1n) is 8.52. The Kier molecular flexibility index (Phi) is 5.51. The third kappa shape index (κ3) is 3.62. The summed E-state index contributed by atoms with van der Waals surface area (Å²) < 4.78 is 5.29. The number of hydrogen-bond acceptors (Lipinski definition) is 4. The monoisotopic (exact) mass is 347 g/mol. The maximum absolute atomic E-state index is 12.6. The minimum atomic E-state index is -0.193. The van der Waals surface area contributed by atoms with E-state index in [-0.39, 0.29) is 17.4 Å². The molecule has 1 aliphatic heterocycles. The number of carbonyl (C=O) groups is 1. The summed E-state index contributed by atoms with van der Waals surface area (Å²) in [5, 5.41) is 15.2. The molecule has 3 rings (SSSR count). The zero-order valence-corrected chi connectivity index (χ0v) is 14.8. The highest BCUT2D eigenvalue weighted by Crippen LogP contribution is 2.46. The molecule has 4 nitrogen and oxygen atoms in total. The van der Waals surface area contributed by atoms with Gasteiger partial charge in [-0.2, -0.15) is 0 Å². The van der Waals surface area contributed by atoms with Crippen LogP contribution in [0.4, 0.5) is 0 Å². The molecule has 1 amide bonds. The van der Waals surface area contributed by atoms with E-state index in [9.17, 15) is 9.90 Å². The van der Waals surface area contributed by atoms with Crippen molar-refractivity contribution < 1.29 is 14.6 Å². The van der Waals surface area contributed by atoms with Crippen LogP contribution >= 0.6 is 11.8 Å². The molecule has 1 saturated carbocycles. The topological polar surface area (TPSA) is 58.6 Å². The lowest BCUT2D eigenvalue weighted by molar-refractivity contribution is 0.0421. The number of hydrogen-bond donors (Lipinski definition) is 2. The molecule has 5 heteroatoms. The number of aliphatic hydroxyl groups excluding tert-OH is 1. The standard InChI is InChI=1S/C19H25NO3S/c1-23-17-5-3-2-4-16(17)18(22)20-13-19(14-8-11-24-12-14)9-6-15(21)7-10-19/h2-5,8,11,14-15,21H,6-7,9-10,12-13H2,1H3,(H,20,22). The second-order valence-corrected chi connectivity index (χ2v) is 7.68. The third-order valence-electron chi connectivity index (χ3n) is 5.37. The summed E-state index contributed by atoms with van der Waals surface area (Å²) in [4.78, 5) is 12.6. The van der Waals surface area contributed by atoms with Crippen molar-refractivity contribution in [2.45, 2.75) is 31.8 Å². The van der Waals surface area contributed by atoms with Crippen molar-refractivity contribution >= 4 is 17.7 Å². The van der Waals surface area contributed by atoms with Crippen LogP contribution in [0.25, 0.3) is 0 Å². The summed E-state index contributed by atoms with van der Waals surface area (Å²) in [5.74, 6) is 2.04. The lowest BCUT2D eigenvalue weighted by Gasteiger charge is -2.43. The molecular weight excluding hydrogens is 322 g/mol. The lowest BCUT2D eigenvalue weighted by Crippen LogP contribution is -2.45. The van der Waals surface area contributed by atoms with Crippen LogP contribution < -0.4 is 10.1 Å². The highest BCUT2D eigenvalue weighted by atomic mass is 32.2. The van der Waals surface area contributed by atoms with Crippen LogP contribution in [0.1, 0.15) is 36.0 Å². The van der Waals surface area contributed by atoms with Crippen LogP contribution in [0.2, 0.25) is 0 Å². The summed E-state index contributed by atoms with van der Waals surface area (Å²) >= 11 is 1.84. The van der Waals surface area contributed by atoms with Crippen molar-refractivity contribution in [1.82, 2.24) is 5.32 Å². The van der Waals surface area contributed by atoms with Crippen molar-refractivity contribution in [1.29, 1.82) is 0 Å². The minimum absolute atomic E-state index is 0.0525. The summed E-state index contributed by atoms with van der Waals surface area (Å²) in [6.07, 6.45) is 5.63. The van der Waals surface area contributed by atoms with Crippen molar-refractivity contribution in [3.8, 4) is 5.75 Å². The predicted octanol–water partition coefficient (Wildman–Crippen LogP) is 3.22. The number of benzene rings is 1. The number of ether oxygens (including phenoxy) is 1. The number of methoxy groups -OCH3 is 1. The molecule has 1 aliphatic carbocycles. The van der Waals surface area contributed by atoms with E-state index in [0.29, 0.717) is 23.8 Å². The molecule has 0 saturated heterocycles. The van der Waals surface area contributed by atoms with Crippen molar-refractivity contribution in [2.24, 2.45) is 11.3 Å². The number of carbonyl (C=O) groups excluding carboxylic acids is 1. The Morgan fingerprint density at radius 2 is 2.12 bits per heavy atom. The Labute approximate surface area is 147 Å². The van der Waals surface area contributed by atoms with Gasteiger partial charge in [0.25, 0.3) is 5.91 Å². The van der Waals surface area contributed by atoms with Crippen LogP contribution in [-0.2, 0) is 0 Å². The smallest absolute Gasteiger partial charge is 0.255 e. The zero-order valence-electron chi connectivity index (χ0n) is 14.0. The molecule has 0 bridgehead atoms. The highest BCUT2D eigenvalue weighted by Gasteiger charge is 2.41. The Hall–Kier alpha value is -1.46. The normalized spacial score (nSPS) is 29.4. The maximum Gasteiger partial charge on any atom is 0.255 e. The first-order chi connectivity index (χ1) is 11.6. The van der Waals surface area contributed by atoms with E-state index in [0.717, 1.165) is 31.4 Å². The van der Waals surface area contributed by atoms with Gasteiger partial charge in [-0.3, -0.25) is 4.79 Å². The third-order valence-corrected chi connectivity index (χ3v) is 6.27. The highest BCUT2D eigenvalue weighted by molar-refractivity contribution is 8.02. The van der Waals surface area contributed by atoms with Crippen LogP contribution in [0.5, 0.6) is 5.75 Å². The second-order valence-electron chi connectivity index (χ2n) is 6.74. The Bertz CT molecular complexity index is 608. The van der Waals surface area contributed by atoms with E-state index in [1.165, 1.54) is 0 Å². The van der Waals surface area contributed by atoms with Crippen LogP contribution in [-0.4, -0.2) is 36.5 Å². The fraction of sp³-hybridized carbons (Fsp3) is 0.526. The fourth-order valence-corrected chi connectivity index (χ4v) is 4.87. The number of nitrogens with one attached hydrogen (secondary N) is 1. The van der Waals surface area contributed by atoms with E-state index < -0.39 is 0 Å². The lowest BCUT2D eigenvalue weighted by atomic mass is 9.65. The van der Waals surface area contributed by atoms with Gasteiger partial charge in [-0.1, -0.05) is 18.2 Å². The van der Waals surface area contributed by atoms with Crippen molar-refractivity contribution in [2.75, 3.05) is 19.4 Å². The predicted molar refractivity (Wildman–Crippen MR) is 97.3 cm³/mol. The number of amides is 1. The number of aliphatic hydroxyl groups is 1. The van der Waals surface area contributed by atoms with E-state index in [1.54, 1.807) is 19.2 Å². The number of thioether (sulfide) groups is 1. The van der Waals surface area contributed by atoms with Gasteiger partial charge in [-0.15, -0.1) is 11.8 Å². The van der Waals surface area contributed by atoms with Gasteiger partial charge in [-0.05, 0) is 54.6 Å². The van der Waals surface area contributed by atoms with Crippen LogP contribution in [0.15, 0.2) is 35.7 Å². The summed E-state index contributed by atoms with van der Waals surface area (Å²) in [6, 6.07) is 7.30. The molecule has 0 radical (unpaired) electrons. The molecule has 1 aromatic rings. The molecule has 1 atom stereocenters. The molecule has 1 fully saturated rings. The Balaban J connectivity index is 1.71. The van der Waals surface area contributed by atoms with Gasteiger partial charge in [0.05, 0.1) is 18.8 Å². The largest absolute Gasteiger partial charge is 0.496 e. The molecule has 24 heavy (non-hydrogen) atoms. The average molecular weight is 347 g/mol. The second kappa shape index (κ2) is 7.62. The maximum atomic E-state index is 12.6. The van der Waals surface area contributed by atoms with Crippen molar-refractivity contribution in [3.05, 3.63) is 41.3 Å². The van der Waals surface area contributed by atoms with Gasteiger partial charge in [-0.25, -0.2) is 0 Å². The number of para-hydroxylation sites is 1. The van der Waals surface area contributed by atoms with E-state index in [4.69, 9.17) is 4.74 Å². The quantitative estimate of drug-likeness (QED) is 0.859. The molecule has 1 heterocycles. The summed E-state index contributed by atoms with van der Waals surface area (Å²) in [7, 11) is 1.58. The minimum Gasteiger partial charge on any atom is -0.496 e. The molecule has 0 spiro atoms. The van der Waals surface area contributed by atoms with Crippen LogP contribution in [0.3, 0.4) is 0 Å². The number of allylic oxidation sites excluding steroid dienone is 1. The molecule has 2 aliphatic rings. The number of rotatable bonds is 5. The molecule has 130 valence electrons. The molecular formula is C19H25NO3S. The van der Waals surface area contributed by atoms with Crippen molar-refractivity contribution in [3.63, 3.8) is 0 Å². The van der Waals surface area contributed by atoms with Gasteiger partial charge in [0.15, 0.2) is 0 Å². The molecule has 1 unspecified atom stereocenters. The summed E-state index contributed by atoms with van der Waals surface area (Å²) in [6.45, 7) is 0.645. The SMILES string of the molecule is COc1ccccc1C(=O)NCC1(C2C=CSC2)CCC(O)CC1. The Morgan fingerprint density at radius 3 is 2.79 bits per heavy atom. The summed E-state index contributed by atoms with van der Waals surface area (Å²) in [5.41, 5.74) is 0.624. The Morgan fingerprint density at radius 1 is 1.38 bits per heavy atom. The van der Waals surface area contributed by atoms with Gasteiger partial charge in [0.1, 0.15) is 5.75 Å². The first kappa shape index (κ1) is 17.4. The average Bonchev–Trinajstić information content (AvgIpc) is 3.16. The van der Waals surface area contributed by atoms with E-state index in [2.05, 4.69) is 16.8 Å². The van der Waals surface area contributed by atoms with Gasteiger partial charge in [0.2, 0.25) is 0 Å². The zero-order chi connectivity index (χ0) is 17.0. The molecule has 2 N–H and O–H groups in total. The molecule has 0 aromatic heterocycles.